The summed E-state index contributed by atoms with van der Waals surface area (Å²) < 4.78 is 5.64. The maximum atomic E-state index is 5.64. The molecule has 2 rings (SSSR count). The number of nitrogens with zero attached hydrogens (tertiary/aromatic N) is 1. The van der Waals surface area contributed by atoms with Crippen LogP contribution in [0.25, 0.3) is 0 Å². The van der Waals surface area contributed by atoms with Gasteiger partial charge in [-0.2, -0.15) is 0 Å². The van der Waals surface area contributed by atoms with Crippen LogP contribution in [0.5, 0.6) is 0 Å². The van der Waals surface area contributed by atoms with Gasteiger partial charge in [0.25, 0.3) is 0 Å². The Balaban J connectivity index is 1.88. The fourth-order valence-corrected chi connectivity index (χ4v) is 2.47. The van der Waals surface area contributed by atoms with Crippen molar-refractivity contribution in [2.24, 2.45) is 11.7 Å². The SMILES string of the molecule is CCC1CCCN(Cc2ccc(CN)o2)C1. The van der Waals surface area contributed by atoms with Gasteiger partial charge in [-0.3, -0.25) is 4.90 Å². The third kappa shape index (κ3) is 2.86. The molecule has 3 heteroatoms. The first-order valence-electron chi connectivity index (χ1n) is 6.31. The summed E-state index contributed by atoms with van der Waals surface area (Å²) in [6.45, 7) is 6.14. The lowest BCUT2D eigenvalue weighted by molar-refractivity contribution is 0.154. The molecule has 0 amide bonds. The molecule has 2 N–H and O–H groups in total. The van der Waals surface area contributed by atoms with Gasteiger partial charge in [-0.05, 0) is 37.4 Å². The third-order valence-corrected chi connectivity index (χ3v) is 3.48. The summed E-state index contributed by atoms with van der Waals surface area (Å²) in [7, 11) is 0. The summed E-state index contributed by atoms with van der Waals surface area (Å²) >= 11 is 0. The van der Waals surface area contributed by atoms with Crippen LogP contribution in [-0.4, -0.2) is 18.0 Å². The average Bonchev–Trinajstić information content (AvgIpc) is 2.77. The van der Waals surface area contributed by atoms with Crippen LogP contribution < -0.4 is 5.73 Å². The lowest BCUT2D eigenvalue weighted by Crippen LogP contribution is -2.34. The first-order valence-corrected chi connectivity index (χ1v) is 6.31. The van der Waals surface area contributed by atoms with E-state index in [2.05, 4.69) is 17.9 Å². The number of furan rings is 1. The van der Waals surface area contributed by atoms with Crippen LogP contribution in [0.15, 0.2) is 16.5 Å². The normalized spacial score (nSPS) is 22.5. The zero-order valence-electron chi connectivity index (χ0n) is 10.1. The minimum absolute atomic E-state index is 0.498. The zero-order chi connectivity index (χ0) is 11.4. The fourth-order valence-electron chi connectivity index (χ4n) is 2.47. The highest BCUT2D eigenvalue weighted by molar-refractivity contribution is 5.06. The van der Waals surface area contributed by atoms with Gasteiger partial charge in [-0.15, -0.1) is 0 Å². The molecule has 1 aliphatic rings. The van der Waals surface area contributed by atoms with Gasteiger partial charge in [0.05, 0.1) is 13.1 Å². The van der Waals surface area contributed by atoms with Crippen molar-refractivity contribution >= 4 is 0 Å². The van der Waals surface area contributed by atoms with Crippen LogP contribution in [0.3, 0.4) is 0 Å². The van der Waals surface area contributed by atoms with E-state index >= 15 is 0 Å². The second kappa shape index (κ2) is 5.51. The highest BCUT2D eigenvalue weighted by Crippen LogP contribution is 2.21. The maximum Gasteiger partial charge on any atom is 0.118 e. The van der Waals surface area contributed by atoms with E-state index in [1.165, 1.54) is 32.4 Å². The van der Waals surface area contributed by atoms with Crippen LogP contribution >= 0.6 is 0 Å². The summed E-state index contributed by atoms with van der Waals surface area (Å²) in [5, 5.41) is 0. The Morgan fingerprint density at radius 1 is 1.44 bits per heavy atom. The van der Waals surface area contributed by atoms with Crippen molar-refractivity contribution in [3.8, 4) is 0 Å². The molecule has 1 aromatic rings. The van der Waals surface area contributed by atoms with Crippen LogP contribution in [0, 0.1) is 5.92 Å². The number of hydrogen-bond acceptors (Lipinski definition) is 3. The molecule has 0 aromatic carbocycles. The number of rotatable bonds is 4. The summed E-state index contributed by atoms with van der Waals surface area (Å²) in [6, 6.07) is 4.04. The second-order valence-corrected chi connectivity index (χ2v) is 4.72. The Labute approximate surface area is 97.6 Å². The molecule has 0 radical (unpaired) electrons. The first-order chi connectivity index (χ1) is 7.81. The third-order valence-electron chi connectivity index (χ3n) is 3.48. The predicted molar refractivity (Wildman–Crippen MR) is 64.9 cm³/mol. The minimum Gasteiger partial charge on any atom is -0.463 e. The van der Waals surface area contributed by atoms with Crippen LogP contribution in [0.2, 0.25) is 0 Å². The van der Waals surface area contributed by atoms with Gasteiger partial charge in [0, 0.05) is 6.54 Å². The van der Waals surface area contributed by atoms with Crippen molar-refractivity contribution in [1.82, 2.24) is 4.90 Å². The van der Waals surface area contributed by atoms with Crippen LogP contribution in [0.4, 0.5) is 0 Å². The van der Waals surface area contributed by atoms with Crippen molar-refractivity contribution in [1.29, 1.82) is 0 Å². The summed E-state index contributed by atoms with van der Waals surface area (Å²) in [5.41, 5.74) is 5.53. The summed E-state index contributed by atoms with van der Waals surface area (Å²) in [5.74, 6) is 2.81. The molecular formula is C13H22N2O. The van der Waals surface area contributed by atoms with Gasteiger partial charge in [0.15, 0.2) is 0 Å². The van der Waals surface area contributed by atoms with E-state index in [9.17, 15) is 0 Å². The van der Waals surface area contributed by atoms with Gasteiger partial charge in [-0.1, -0.05) is 13.3 Å². The largest absolute Gasteiger partial charge is 0.463 e. The predicted octanol–water partition coefficient (Wildman–Crippen LogP) is 2.36. The molecule has 1 aliphatic heterocycles. The van der Waals surface area contributed by atoms with E-state index in [1.807, 2.05) is 6.07 Å². The van der Waals surface area contributed by atoms with E-state index in [-0.39, 0.29) is 0 Å². The molecule has 0 bridgehead atoms. The number of hydrogen-bond donors (Lipinski definition) is 1. The summed E-state index contributed by atoms with van der Waals surface area (Å²) in [4.78, 5) is 2.50. The molecule has 1 unspecified atom stereocenters. The molecule has 1 aromatic heterocycles. The highest BCUT2D eigenvalue weighted by Gasteiger charge is 2.19. The minimum atomic E-state index is 0.498. The molecule has 0 spiro atoms. The smallest absolute Gasteiger partial charge is 0.118 e. The number of piperidine rings is 1. The maximum absolute atomic E-state index is 5.64. The Morgan fingerprint density at radius 2 is 2.25 bits per heavy atom. The average molecular weight is 222 g/mol. The molecule has 16 heavy (non-hydrogen) atoms. The second-order valence-electron chi connectivity index (χ2n) is 4.72. The van der Waals surface area contributed by atoms with Crippen LogP contribution in [0.1, 0.15) is 37.7 Å². The Bertz CT molecular complexity index is 321. The van der Waals surface area contributed by atoms with Gasteiger partial charge in [0.1, 0.15) is 11.5 Å². The molecular weight excluding hydrogens is 200 g/mol. The van der Waals surface area contributed by atoms with Crippen LogP contribution in [-0.2, 0) is 13.1 Å². The van der Waals surface area contributed by atoms with Gasteiger partial charge < -0.3 is 10.2 Å². The molecule has 90 valence electrons. The van der Waals surface area contributed by atoms with E-state index in [1.54, 1.807) is 0 Å². The molecule has 0 saturated carbocycles. The van der Waals surface area contributed by atoms with Crippen molar-refractivity contribution < 1.29 is 4.42 Å². The van der Waals surface area contributed by atoms with Crippen molar-refractivity contribution in [2.45, 2.75) is 39.3 Å². The quantitative estimate of drug-likeness (QED) is 0.850. The lowest BCUT2D eigenvalue weighted by Gasteiger charge is -2.31. The van der Waals surface area contributed by atoms with E-state index in [4.69, 9.17) is 10.2 Å². The topological polar surface area (TPSA) is 42.4 Å². The molecule has 1 atom stereocenters. The molecule has 1 fully saturated rings. The van der Waals surface area contributed by atoms with Gasteiger partial charge in [0.2, 0.25) is 0 Å². The zero-order valence-corrected chi connectivity index (χ0v) is 10.1. The van der Waals surface area contributed by atoms with Gasteiger partial charge in [-0.25, -0.2) is 0 Å². The van der Waals surface area contributed by atoms with Crippen molar-refractivity contribution in [3.63, 3.8) is 0 Å². The van der Waals surface area contributed by atoms with E-state index < -0.39 is 0 Å². The number of nitrogens with two attached hydrogens (primary N) is 1. The lowest BCUT2D eigenvalue weighted by atomic mass is 9.96. The molecule has 2 heterocycles. The standard InChI is InChI=1S/C13H22N2O/c1-2-11-4-3-7-15(9-11)10-13-6-5-12(8-14)16-13/h5-6,11H,2-4,7-10,14H2,1H3. The molecule has 0 aliphatic carbocycles. The van der Waals surface area contributed by atoms with Gasteiger partial charge >= 0.3 is 0 Å². The highest BCUT2D eigenvalue weighted by atomic mass is 16.3. The Kier molecular flexibility index (Phi) is 4.02. The van der Waals surface area contributed by atoms with Crippen molar-refractivity contribution in [2.75, 3.05) is 13.1 Å². The Hall–Kier alpha value is -0.800. The fraction of sp³-hybridized carbons (Fsp3) is 0.692. The van der Waals surface area contributed by atoms with E-state index in [0.29, 0.717) is 6.54 Å². The van der Waals surface area contributed by atoms with E-state index in [0.717, 1.165) is 24.0 Å². The van der Waals surface area contributed by atoms with Crippen molar-refractivity contribution in [3.05, 3.63) is 23.7 Å². The monoisotopic (exact) mass is 222 g/mol. The molecule has 3 nitrogen and oxygen atoms in total. The molecule has 1 saturated heterocycles. The Morgan fingerprint density at radius 3 is 2.94 bits per heavy atom. The summed E-state index contributed by atoms with van der Waals surface area (Å²) in [6.07, 6.45) is 4.00. The first kappa shape index (κ1) is 11.7. The number of likely N-dealkylation sites (tertiary alicyclic amines) is 1.